The van der Waals surface area contributed by atoms with Gasteiger partial charge in [-0.3, -0.25) is 0 Å². The highest BCUT2D eigenvalue weighted by Crippen LogP contribution is 2.27. The van der Waals surface area contributed by atoms with Crippen LogP contribution in [0.2, 0.25) is 5.02 Å². The van der Waals surface area contributed by atoms with Crippen LogP contribution in [0.4, 0.5) is 0 Å². The van der Waals surface area contributed by atoms with Crippen LogP contribution in [0.25, 0.3) is 0 Å². The molecule has 0 radical (unpaired) electrons. The summed E-state index contributed by atoms with van der Waals surface area (Å²) < 4.78 is 11.0. The van der Waals surface area contributed by atoms with E-state index < -0.39 is 0 Å². The third-order valence-electron chi connectivity index (χ3n) is 2.42. The number of halogens is 1. The first-order valence-corrected chi connectivity index (χ1v) is 6.64. The van der Waals surface area contributed by atoms with Crippen LogP contribution >= 0.6 is 11.6 Å². The molecule has 0 saturated carbocycles. The highest BCUT2D eigenvalue weighted by Gasteiger charge is 2.05. The molecule has 0 amide bonds. The van der Waals surface area contributed by atoms with Gasteiger partial charge in [0, 0.05) is 12.6 Å². The minimum atomic E-state index is -0.0223. The molecule has 4 heteroatoms. The number of ether oxygens (including phenoxy) is 2. The van der Waals surface area contributed by atoms with Crippen molar-refractivity contribution in [3.63, 3.8) is 0 Å². The van der Waals surface area contributed by atoms with E-state index in [9.17, 15) is 0 Å². The molecule has 0 saturated heterocycles. The van der Waals surface area contributed by atoms with Gasteiger partial charge in [-0.15, -0.1) is 0 Å². The average Bonchev–Trinajstić information content (AvgIpc) is 2.29. The standard InChI is InChI=1S/C14H22ClNO2/c1-10(2)9-17-6-7-18-14-5-4-12(11(3)16)8-13(14)15/h4-5,8,10-11H,6-7,9,16H2,1-3H3. The zero-order chi connectivity index (χ0) is 13.5. The summed E-state index contributed by atoms with van der Waals surface area (Å²) in [6, 6.07) is 5.60. The number of benzene rings is 1. The molecule has 1 atom stereocenters. The predicted molar refractivity (Wildman–Crippen MR) is 75.2 cm³/mol. The third-order valence-corrected chi connectivity index (χ3v) is 2.71. The molecule has 0 spiro atoms. The largest absolute Gasteiger partial charge is 0.490 e. The van der Waals surface area contributed by atoms with Crippen LogP contribution in [-0.4, -0.2) is 19.8 Å². The molecule has 0 fully saturated rings. The van der Waals surface area contributed by atoms with Gasteiger partial charge >= 0.3 is 0 Å². The Bertz CT molecular complexity index is 367. The zero-order valence-corrected chi connectivity index (χ0v) is 12.0. The molecule has 18 heavy (non-hydrogen) atoms. The quantitative estimate of drug-likeness (QED) is 0.773. The summed E-state index contributed by atoms with van der Waals surface area (Å²) in [4.78, 5) is 0. The van der Waals surface area contributed by atoms with Crippen LogP contribution in [0.5, 0.6) is 5.75 Å². The van der Waals surface area contributed by atoms with E-state index >= 15 is 0 Å². The zero-order valence-electron chi connectivity index (χ0n) is 11.3. The Kier molecular flexibility index (Phi) is 6.47. The van der Waals surface area contributed by atoms with Crippen LogP contribution in [0, 0.1) is 5.92 Å². The van der Waals surface area contributed by atoms with Crippen molar-refractivity contribution in [2.24, 2.45) is 11.7 Å². The molecule has 1 aromatic carbocycles. The molecule has 0 aliphatic heterocycles. The maximum atomic E-state index is 6.12. The Morgan fingerprint density at radius 2 is 1.94 bits per heavy atom. The normalized spacial score (nSPS) is 12.8. The monoisotopic (exact) mass is 271 g/mol. The van der Waals surface area contributed by atoms with Gasteiger partial charge in [0.25, 0.3) is 0 Å². The van der Waals surface area contributed by atoms with Crippen LogP contribution in [0.15, 0.2) is 18.2 Å². The fourth-order valence-corrected chi connectivity index (χ4v) is 1.69. The van der Waals surface area contributed by atoms with Crippen molar-refractivity contribution in [3.8, 4) is 5.75 Å². The summed E-state index contributed by atoms with van der Waals surface area (Å²) in [6.07, 6.45) is 0. The van der Waals surface area contributed by atoms with E-state index in [0.717, 1.165) is 12.2 Å². The summed E-state index contributed by atoms with van der Waals surface area (Å²) in [5.74, 6) is 1.22. The SMILES string of the molecule is CC(C)COCCOc1ccc(C(C)N)cc1Cl. The maximum absolute atomic E-state index is 6.12. The Hall–Kier alpha value is -0.770. The first kappa shape index (κ1) is 15.3. The molecule has 0 aliphatic rings. The lowest BCUT2D eigenvalue weighted by Gasteiger charge is -2.12. The Morgan fingerprint density at radius 3 is 2.50 bits per heavy atom. The highest BCUT2D eigenvalue weighted by molar-refractivity contribution is 6.32. The molecular formula is C14H22ClNO2. The van der Waals surface area contributed by atoms with E-state index in [1.165, 1.54) is 0 Å². The van der Waals surface area contributed by atoms with E-state index in [-0.39, 0.29) is 6.04 Å². The number of rotatable bonds is 7. The van der Waals surface area contributed by atoms with E-state index in [1.54, 1.807) is 0 Å². The van der Waals surface area contributed by atoms with E-state index in [1.807, 2.05) is 25.1 Å². The van der Waals surface area contributed by atoms with Gasteiger partial charge in [0.15, 0.2) is 0 Å². The second kappa shape index (κ2) is 7.62. The minimum Gasteiger partial charge on any atom is -0.490 e. The van der Waals surface area contributed by atoms with E-state index in [0.29, 0.717) is 29.9 Å². The number of hydrogen-bond donors (Lipinski definition) is 1. The molecule has 0 bridgehead atoms. The number of hydrogen-bond acceptors (Lipinski definition) is 3. The second-order valence-corrected chi connectivity index (χ2v) is 5.20. The van der Waals surface area contributed by atoms with Crippen LogP contribution in [0.3, 0.4) is 0 Å². The molecule has 1 rings (SSSR count). The molecular weight excluding hydrogens is 250 g/mol. The molecule has 102 valence electrons. The molecule has 2 N–H and O–H groups in total. The van der Waals surface area contributed by atoms with Crippen molar-refractivity contribution >= 4 is 11.6 Å². The predicted octanol–water partition coefficient (Wildman–Crippen LogP) is 3.41. The fraction of sp³-hybridized carbons (Fsp3) is 0.571. The van der Waals surface area contributed by atoms with Gasteiger partial charge in [-0.05, 0) is 30.5 Å². The lowest BCUT2D eigenvalue weighted by molar-refractivity contribution is 0.0819. The summed E-state index contributed by atoms with van der Waals surface area (Å²) >= 11 is 6.12. The van der Waals surface area contributed by atoms with Gasteiger partial charge in [-0.25, -0.2) is 0 Å². The van der Waals surface area contributed by atoms with Crippen molar-refractivity contribution in [2.45, 2.75) is 26.8 Å². The summed E-state index contributed by atoms with van der Waals surface area (Å²) in [5.41, 5.74) is 6.78. The summed E-state index contributed by atoms with van der Waals surface area (Å²) in [6.45, 7) is 7.98. The molecule has 1 unspecified atom stereocenters. The van der Waals surface area contributed by atoms with Gasteiger partial charge in [0.05, 0.1) is 11.6 Å². The van der Waals surface area contributed by atoms with Gasteiger partial charge in [0.1, 0.15) is 12.4 Å². The van der Waals surface area contributed by atoms with Crippen LogP contribution < -0.4 is 10.5 Å². The Labute approximate surface area is 114 Å². The van der Waals surface area contributed by atoms with Crippen molar-refractivity contribution in [1.29, 1.82) is 0 Å². The van der Waals surface area contributed by atoms with Crippen molar-refractivity contribution < 1.29 is 9.47 Å². The summed E-state index contributed by atoms with van der Waals surface area (Å²) in [5, 5.41) is 0.591. The first-order chi connectivity index (χ1) is 8.50. The number of nitrogens with two attached hydrogens (primary N) is 1. The molecule has 3 nitrogen and oxygen atoms in total. The highest BCUT2D eigenvalue weighted by atomic mass is 35.5. The molecule has 0 heterocycles. The molecule has 0 aliphatic carbocycles. The lowest BCUT2D eigenvalue weighted by atomic mass is 10.1. The topological polar surface area (TPSA) is 44.5 Å². The minimum absolute atomic E-state index is 0.0223. The first-order valence-electron chi connectivity index (χ1n) is 6.26. The third kappa shape index (κ3) is 5.25. The second-order valence-electron chi connectivity index (χ2n) is 4.80. The van der Waals surface area contributed by atoms with Gasteiger partial charge in [-0.1, -0.05) is 31.5 Å². The van der Waals surface area contributed by atoms with Crippen LogP contribution in [-0.2, 0) is 4.74 Å². The van der Waals surface area contributed by atoms with Crippen molar-refractivity contribution in [1.82, 2.24) is 0 Å². The smallest absolute Gasteiger partial charge is 0.138 e. The molecule has 1 aromatic rings. The Balaban J connectivity index is 2.39. The van der Waals surface area contributed by atoms with E-state index in [4.69, 9.17) is 26.8 Å². The summed E-state index contributed by atoms with van der Waals surface area (Å²) in [7, 11) is 0. The maximum Gasteiger partial charge on any atom is 0.138 e. The van der Waals surface area contributed by atoms with E-state index in [2.05, 4.69) is 13.8 Å². The van der Waals surface area contributed by atoms with Gasteiger partial charge in [0.2, 0.25) is 0 Å². The average molecular weight is 272 g/mol. The van der Waals surface area contributed by atoms with Gasteiger partial charge in [-0.2, -0.15) is 0 Å². The van der Waals surface area contributed by atoms with Crippen molar-refractivity contribution in [2.75, 3.05) is 19.8 Å². The van der Waals surface area contributed by atoms with Crippen molar-refractivity contribution in [3.05, 3.63) is 28.8 Å². The van der Waals surface area contributed by atoms with Gasteiger partial charge < -0.3 is 15.2 Å². The van der Waals surface area contributed by atoms with Crippen LogP contribution in [0.1, 0.15) is 32.4 Å². The molecule has 0 aromatic heterocycles. The fourth-order valence-electron chi connectivity index (χ4n) is 1.45. The Morgan fingerprint density at radius 1 is 1.22 bits per heavy atom. The lowest BCUT2D eigenvalue weighted by Crippen LogP contribution is -2.10.